The van der Waals surface area contributed by atoms with Gasteiger partial charge in [-0.3, -0.25) is 4.79 Å². The van der Waals surface area contributed by atoms with Crippen molar-refractivity contribution in [1.82, 2.24) is 5.32 Å². The van der Waals surface area contributed by atoms with Gasteiger partial charge < -0.3 is 89.9 Å². The van der Waals surface area contributed by atoms with Crippen molar-refractivity contribution in [2.75, 3.05) is 26.4 Å². The molecule has 12 N–H and O–H groups in total. The monoisotopic (exact) mass is 1110 g/mol. The zero-order valence-corrected chi connectivity index (χ0v) is 47.5. The Kier molecular flexibility index (Phi) is 38.7. The van der Waals surface area contributed by atoms with Crippen LogP contribution in [0.15, 0.2) is 0 Å². The summed E-state index contributed by atoms with van der Waals surface area (Å²) in [6.07, 6.45) is 13.2. The van der Waals surface area contributed by atoms with E-state index >= 15 is 0 Å². The fraction of sp³-hybridized carbons (Fsp3) is 0.983. The first-order chi connectivity index (χ1) is 37.3. The van der Waals surface area contributed by atoms with E-state index in [-0.39, 0.29) is 18.9 Å². The summed E-state index contributed by atoms with van der Waals surface area (Å²) in [5, 5.41) is 120. The lowest BCUT2D eigenvalue weighted by molar-refractivity contribution is -0.379. The minimum Gasteiger partial charge on any atom is -0.394 e. The molecule has 19 heteroatoms. The van der Waals surface area contributed by atoms with Gasteiger partial charge in [-0.05, 0) is 12.8 Å². The molecular formula is C58H111NO18. The predicted molar refractivity (Wildman–Crippen MR) is 291 cm³/mol. The minimum absolute atomic E-state index is 0.239. The van der Waals surface area contributed by atoms with Crippen LogP contribution in [-0.4, -0.2) is 193 Å². The van der Waals surface area contributed by atoms with Crippen LogP contribution in [0.2, 0.25) is 0 Å². The number of aliphatic hydroxyl groups excluding tert-OH is 11. The molecule has 19 nitrogen and oxygen atoms in total. The largest absolute Gasteiger partial charge is 0.394 e. The van der Waals surface area contributed by atoms with Crippen LogP contribution in [0, 0.1) is 0 Å². The second-order valence-electron chi connectivity index (χ2n) is 22.5. The maximum absolute atomic E-state index is 13.3. The van der Waals surface area contributed by atoms with Crippen molar-refractivity contribution < 1.29 is 89.4 Å². The average molecular weight is 1110 g/mol. The van der Waals surface area contributed by atoms with Crippen molar-refractivity contribution in [3.05, 3.63) is 0 Å². The van der Waals surface area contributed by atoms with Crippen molar-refractivity contribution in [3.8, 4) is 0 Å². The molecule has 3 rings (SSSR count). The maximum Gasteiger partial charge on any atom is 0.220 e. The highest BCUT2D eigenvalue weighted by Crippen LogP contribution is 2.33. The van der Waals surface area contributed by atoms with Crippen molar-refractivity contribution >= 4 is 5.91 Å². The van der Waals surface area contributed by atoms with E-state index in [1.165, 1.54) is 154 Å². The van der Waals surface area contributed by atoms with Gasteiger partial charge >= 0.3 is 0 Å². The second kappa shape index (κ2) is 42.6. The van der Waals surface area contributed by atoms with Gasteiger partial charge in [0.25, 0.3) is 0 Å². The summed E-state index contributed by atoms with van der Waals surface area (Å²) < 4.78 is 34.3. The molecule has 0 aromatic heterocycles. The van der Waals surface area contributed by atoms with Gasteiger partial charge in [0.1, 0.15) is 73.2 Å². The lowest BCUT2D eigenvalue weighted by Gasteiger charge is -2.48. The second-order valence-corrected chi connectivity index (χ2v) is 22.5. The Hall–Kier alpha value is -1.21. The molecule has 0 spiro atoms. The number of nitrogens with one attached hydrogen (secondary N) is 1. The van der Waals surface area contributed by atoms with E-state index in [0.717, 1.165) is 44.9 Å². The lowest BCUT2D eigenvalue weighted by Crippen LogP contribution is -2.66. The Morgan fingerprint density at radius 1 is 0.416 bits per heavy atom. The van der Waals surface area contributed by atoms with Gasteiger partial charge in [0, 0.05) is 6.42 Å². The minimum atomic E-state index is -1.97. The number of carbonyl (C=O) groups excluding carboxylic acids is 1. The summed E-state index contributed by atoms with van der Waals surface area (Å²) in [4.78, 5) is 13.3. The third kappa shape index (κ3) is 26.7. The van der Waals surface area contributed by atoms with Crippen molar-refractivity contribution in [1.29, 1.82) is 0 Å². The van der Waals surface area contributed by atoms with E-state index in [1.807, 2.05) is 0 Å². The van der Waals surface area contributed by atoms with Gasteiger partial charge in [-0.25, -0.2) is 0 Å². The van der Waals surface area contributed by atoms with Crippen molar-refractivity contribution in [2.24, 2.45) is 0 Å². The Labute approximate surface area is 462 Å². The molecule has 1 amide bonds. The van der Waals surface area contributed by atoms with E-state index in [4.69, 9.17) is 28.4 Å². The Morgan fingerprint density at radius 2 is 0.740 bits per heavy atom. The predicted octanol–water partition coefficient (Wildman–Crippen LogP) is 5.60. The molecule has 17 unspecified atom stereocenters. The van der Waals surface area contributed by atoms with Gasteiger partial charge in [0.15, 0.2) is 18.9 Å². The summed E-state index contributed by atoms with van der Waals surface area (Å²) in [5.41, 5.74) is 0. The first kappa shape index (κ1) is 70.1. The smallest absolute Gasteiger partial charge is 0.220 e. The molecule has 3 aliphatic rings. The molecule has 0 aliphatic carbocycles. The van der Waals surface area contributed by atoms with Crippen LogP contribution in [0.3, 0.4) is 0 Å². The highest BCUT2D eigenvalue weighted by atomic mass is 16.8. The fourth-order valence-corrected chi connectivity index (χ4v) is 10.8. The zero-order chi connectivity index (χ0) is 56.2. The van der Waals surface area contributed by atoms with Gasteiger partial charge in [-0.2, -0.15) is 0 Å². The Balaban J connectivity index is 1.49. The lowest BCUT2D eigenvalue weighted by atomic mass is 9.96. The third-order valence-electron chi connectivity index (χ3n) is 15.9. The summed E-state index contributed by atoms with van der Waals surface area (Å²) in [7, 11) is 0. The van der Waals surface area contributed by atoms with E-state index in [0.29, 0.717) is 12.8 Å². The number of hydrogen-bond acceptors (Lipinski definition) is 18. The number of carbonyl (C=O) groups is 1. The van der Waals surface area contributed by atoms with Gasteiger partial charge in [-0.15, -0.1) is 0 Å². The number of hydrogen-bond donors (Lipinski definition) is 12. The van der Waals surface area contributed by atoms with Gasteiger partial charge in [0.05, 0.1) is 38.6 Å². The zero-order valence-electron chi connectivity index (χ0n) is 47.5. The number of unbranched alkanes of at least 4 members (excludes halogenated alkanes) is 30. The number of aliphatic hydroxyl groups is 11. The topological polar surface area (TPSA) is 307 Å². The van der Waals surface area contributed by atoms with E-state index < -0.39 is 124 Å². The molecule has 0 radical (unpaired) electrons. The standard InChI is InChI=1S/C58H111NO18/c1-3-5-7-9-11-13-15-17-19-21-23-25-27-29-31-33-35-42(63)41(59-46(64)36-34-32-30-28-26-24-22-20-18-16-14-12-10-8-6-4-2)40-72-56-52(70)49(67)54(44(38-61)74-56)77-58-53(71)50(68)55(45(39-62)75-58)76-57-51(69)48(66)47(65)43(37-60)73-57/h41-45,47-58,60-63,65-71H,3-40H2,1-2H3,(H,59,64). The van der Waals surface area contributed by atoms with Crippen LogP contribution < -0.4 is 5.32 Å². The Morgan fingerprint density at radius 3 is 1.13 bits per heavy atom. The molecule has 0 bridgehead atoms. The molecule has 0 aromatic rings. The van der Waals surface area contributed by atoms with Crippen LogP contribution >= 0.6 is 0 Å². The van der Waals surface area contributed by atoms with Gasteiger partial charge in [-0.1, -0.05) is 213 Å². The summed E-state index contributed by atoms with van der Waals surface area (Å²) in [5.74, 6) is -0.239. The molecule has 3 fully saturated rings. The highest BCUT2D eigenvalue weighted by Gasteiger charge is 2.53. The third-order valence-corrected chi connectivity index (χ3v) is 15.9. The van der Waals surface area contributed by atoms with Crippen LogP contribution in [-0.2, 0) is 33.2 Å². The van der Waals surface area contributed by atoms with Crippen LogP contribution in [0.25, 0.3) is 0 Å². The SMILES string of the molecule is CCCCCCCCCCCCCCCCCCC(=O)NC(COC1OC(CO)C(OC2OC(CO)C(OC3OC(CO)C(O)C(O)C3O)C(O)C2O)C(O)C1O)C(O)CCCCCCCCCCCCCCCCCC. The van der Waals surface area contributed by atoms with Gasteiger partial charge in [0.2, 0.25) is 5.91 Å². The van der Waals surface area contributed by atoms with Crippen LogP contribution in [0.5, 0.6) is 0 Å². The number of ether oxygens (including phenoxy) is 6. The number of amides is 1. The van der Waals surface area contributed by atoms with Crippen molar-refractivity contribution in [2.45, 2.75) is 336 Å². The normalized spacial score (nSPS) is 30.6. The van der Waals surface area contributed by atoms with Crippen LogP contribution in [0.4, 0.5) is 0 Å². The molecule has 0 aromatic carbocycles. The van der Waals surface area contributed by atoms with E-state index in [1.54, 1.807) is 0 Å². The Bertz CT molecular complexity index is 1420. The average Bonchev–Trinajstić information content (AvgIpc) is 3.44. The molecule has 3 heterocycles. The summed E-state index contributed by atoms with van der Waals surface area (Å²) in [6, 6.07) is -0.879. The molecule has 3 aliphatic heterocycles. The summed E-state index contributed by atoms with van der Waals surface area (Å²) >= 11 is 0. The molecule has 0 saturated carbocycles. The number of rotatable bonds is 46. The van der Waals surface area contributed by atoms with Crippen LogP contribution in [0.1, 0.15) is 232 Å². The molecule has 3 saturated heterocycles. The van der Waals surface area contributed by atoms with E-state index in [9.17, 15) is 61.0 Å². The van der Waals surface area contributed by atoms with Crippen molar-refractivity contribution in [3.63, 3.8) is 0 Å². The molecule has 77 heavy (non-hydrogen) atoms. The molecule has 17 atom stereocenters. The first-order valence-electron chi connectivity index (χ1n) is 30.8. The fourth-order valence-electron chi connectivity index (χ4n) is 10.8. The maximum atomic E-state index is 13.3. The quantitative estimate of drug-likeness (QED) is 0.0330. The molecule has 456 valence electrons. The van der Waals surface area contributed by atoms with E-state index in [2.05, 4.69) is 19.2 Å². The highest BCUT2D eigenvalue weighted by molar-refractivity contribution is 5.76. The first-order valence-corrected chi connectivity index (χ1v) is 30.8. The summed E-state index contributed by atoms with van der Waals surface area (Å²) in [6.45, 7) is 1.81. The molecular weight excluding hydrogens is 999 g/mol.